The molecule has 5 rings (SSSR count). The Bertz CT molecular complexity index is 1110. The number of alkyl halides is 3. The first-order valence-electron chi connectivity index (χ1n) is 12.8. The molecular formula is C27H33F3N4O3. The number of amides is 1. The summed E-state index contributed by atoms with van der Waals surface area (Å²) < 4.78 is 51.4. The molecule has 3 aliphatic rings. The number of fused-ring (bicyclic) bond motifs is 3. The van der Waals surface area contributed by atoms with Crippen molar-refractivity contribution in [2.45, 2.75) is 18.6 Å². The minimum absolute atomic E-state index is 0.117. The topological polar surface area (TPSA) is 57.3 Å². The number of rotatable bonds is 6. The zero-order valence-electron chi connectivity index (χ0n) is 21.0. The van der Waals surface area contributed by atoms with E-state index in [4.69, 9.17) is 9.47 Å². The number of ether oxygens (including phenoxy) is 2. The van der Waals surface area contributed by atoms with Gasteiger partial charge in [-0.05, 0) is 42.3 Å². The van der Waals surface area contributed by atoms with Crippen LogP contribution in [-0.4, -0.2) is 83.0 Å². The van der Waals surface area contributed by atoms with Gasteiger partial charge in [-0.2, -0.15) is 13.2 Å². The zero-order valence-corrected chi connectivity index (χ0v) is 21.0. The summed E-state index contributed by atoms with van der Waals surface area (Å²) in [7, 11) is 1.63. The van der Waals surface area contributed by atoms with Crippen LogP contribution < -0.4 is 19.9 Å². The Morgan fingerprint density at radius 1 is 1.08 bits per heavy atom. The van der Waals surface area contributed by atoms with Crippen molar-refractivity contribution < 1.29 is 27.4 Å². The van der Waals surface area contributed by atoms with Crippen LogP contribution in [0.5, 0.6) is 5.75 Å². The summed E-state index contributed by atoms with van der Waals surface area (Å²) in [4.78, 5) is 20.1. The lowest BCUT2D eigenvalue weighted by Crippen LogP contribution is -2.61. The molecule has 7 nitrogen and oxygen atoms in total. The molecule has 0 bridgehead atoms. The predicted octanol–water partition coefficient (Wildman–Crippen LogP) is 3.03. The van der Waals surface area contributed by atoms with Crippen LogP contribution in [0.25, 0.3) is 0 Å². The summed E-state index contributed by atoms with van der Waals surface area (Å²) >= 11 is 0. The van der Waals surface area contributed by atoms with Gasteiger partial charge in [-0.25, -0.2) is 0 Å². The Labute approximate surface area is 215 Å². The van der Waals surface area contributed by atoms with Crippen LogP contribution in [0.1, 0.15) is 11.1 Å². The number of piperazine rings is 1. The molecule has 1 amide bonds. The van der Waals surface area contributed by atoms with E-state index in [-0.39, 0.29) is 18.4 Å². The van der Waals surface area contributed by atoms with E-state index >= 15 is 0 Å². The van der Waals surface area contributed by atoms with E-state index in [0.717, 1.165) is 42.8 Å². The Balaban J connectivity index is 1.39. The third-order valence-corrected chi connectivity index (χ3v) is 7.63. The normalized spacial score (nSPS) is 22.3. The van der Waals surface area contributed by atoms with Crippen LogP contribution in [-0.2, 0) is 22.1 Å². The Hall–Kier alpha value is -2.98. The van der Waals surface area contributed by atoms with Gasteiger partial charge in [0.1, 0.15) is 5.75 Å². The highest BCUT2D eigenvalue weighted by Gasteiger charge is 2.43. The number of morpholine rings is 1. The minimum Gasteiger partial charge on any atom is -0.495 e. The summed E-state index contributed by atoms with van der Waals surface area (Å²) in [5, 5.41) is 3.07. The van der Waals surface area contributed by atoms with E-state index in [1.165, 1.54) is 6.07 Å². The van der Waals surface area contributed by atoms with Gasteiger partial charge in [0.25, 0.3) is 0 Å². The van der Waals surface area contributed by atoms with Gasteiger partial charge in [0.15, 0.2) is 0 Å². The lowest BCUT2D eigenvalue weighted by Gasteiger charge is -2.50. The van der Waals surface area contributed by atoms with Crippen molar-refractivity contribution in [3.8, 4) is 5.75 Å². The average molecular weight is 519 g/mol. The van der Waals surface area contributed by atoms with Crippen molar-refractivity contribution in [3.63, 3.8) is 0 Å². The van der Waals surface area contributed by atoms with Gasteiger partial charge in [-0.15, -0.1) is 0 Å². The van der Waals surface area contributed by atoms with Crippen molar-refractivity contribution in [3.05, 3.63) is 53.6 Å². The highest BCUT2D eigenvalue weighted by Crippen LogP contribution is 2.41. The molecule has 3 aliphatic heterocycles. The minimum atomic E-state index is -4.43. The van der Waals surface area contributed by atoms with Crippen molar-refractivity contribution in [2.75, 3.05) is 75.9 Å². The molecule has 1 N–H and O–H groups in total. The Morgan fingerprint density at radius 2 is 1.86 bits per heavy atom. The molecule has 37 heavy (non-hydrogen) atoms. The molecule has 0 aliphatic carbocycles. The van der Waals surface area contributed by atoms with Gasteiger partial charge in [0.05, 0.1) is 43.5 Å². The summed E-state index contributed by atoms with van der Waals surface area (Å²) in [6, 6.07) is 11.5. The molecule has 2 fully saturated rings. The van der Waals surface area contributed by atoms with Crippen molar-refractivity contribution >= 4 is 17.3 Å². The standard InChI is InChI=1S/C27H33F3N4O3/c1-36-25-5-3-2-4-23(25)33-10-11-34-22-7-6-20(27(28,29)30)16-19(22)17-21(24(34)18-33)26(35)31-8-9-32-12-14-37-15-13-32/h2-7,16,21,24H,8-15,17-18H2,1H3,(H,31,35). The molecule has 2 aromatic rings. The van der Waals surface area contributed by atoms with E-state index in [1.54, 1.807) is 13.2 Å². The molecule has 10 heteroatoms. The van der Waals surface area contributed by atoms with Gasteiger partial charge in [0.2, 0.25) is 5.91 Å². The number of nitrogens with one attached hydrogen (secondary N) is 1. The monoisotopic (exact) mass is 518 g/mol. The molecule has 2 saturated heterocycles. The number of halogens is 3. The van der Waals surface area contributed by atoms with Gasteiger partial charge in [0, 0.05) is 51.5 Å². The number of hydrogen-bond acceptors (Lipinski definition) is 6. The second kappa shape index (κ2) is 10.8. The third kappa shape index (κ3) is 5.50. The highest BCUT2D eigenvalue weighted by molar-refractivity contribution is 5.82. The van der Waals surface area contributed by atoms with E-state index in [0.29, 0.717) is 45.0 Å². The first-order chi connectivity index (χ1) is 17.8. The molecule has 0 radical (unpaired) electrons. The molecule has 200 valence electrons. The molecule has 0 aromatic heterocycles. The first-order valence-corrected chi connectivity index (χ1v) is 12.8. The second-order valence-corrected chi connectivity index (χ2v) is 9.78. The van der Waals surface area contributed by atoms with Crippen LogP contribution in [0.2, 0.25) is 0 Å². The van der Waals surface area contributed by atoms with Crippen LogP contribution in [0, 0.1) is 5.92 Å². The van der Waals surface area contributed by atoms with E-state index in [2.05, 4.69) is 20.0 Å². The van der Waals surface area contributed by atoms with E-state index in [9.17, 15) is 18.0 Å². The van der Waals surface area contributed by atoms with Gasteiger partial charge in [-0.3, -0.25) is 9.69 Å². The van der Waals surface area contributed by atoms with Crippen LogP contribution in [0.4, 0.5) is 24.5 Å². The zero-order chi connectivity index (χ0) is 26.0. The predicted molar refractivity (Wildman–Crippen MR) is 135 cm³/mol. The summed E-state index contributed by atoms with van der Waals surface area (Å²) in [6.07, 6.45) is -4.16. The van der Waals surface area contributed by atoms with Crippen molar-refractivity contribution in [1.29, 1.82) is 0 Å². The maximum atomic E-state index is 13.5. The SMILES string of the molecule is COc1ccccc1N1CCN2c3ccc(C(F)(F)F)cc3CC(C(=O)NCCN3CCOCC3)C2C1. The number of methoxy groups -OCH3 is 1. The van der Waals surface area contributed by atoms with Gasteiger partial charge in [-0.1, -0.05) is 12.1 Å². The number of nitrogens with zero attached hydrogens (tertiary/aromatic N) is 3. The average Bonchev–Trinajstić information content (AvgIpc) is 2.92. The Morgan fingerprint density at radius 3 is 2.62 bits per heavy atom. The molecule has 0 saturated carbocycles. The second-order valence-electron chi connectivity index (χ2n) is 9.78. The fourth-order valence-corrected chi connectivity index (χ4v) is 5.70. The van der Waals surface area contributed by atoms with Crippen LogP contribution >= 0.6 is 0 Å². The number of para-hydroxylation sites is 2. The summed E-state index contributed by atoms with van der Waals surface area (Å²) in [6.45, 7) is 6.08. The molecule has 3 heterocycles. The quantitative estimate of drug-likeness (QED) is 0.635. The summed E-state index contributed by atoms with van der Waals surface area (Å²) in [5.41, 5.74) is 1.64. The molecule has 0 spiro atoms. The van der Waals surface area contributed by atoms with E-state index in [1.807, 2.05) is 24.3 Å². The van der Waals surface area contributed by atoms with Crippen LogP contribution in [0.3, 0.4) is 0 Å². The molecule has 2 aromatic carbocycles. The number of carbonyl (C=O) groups excluding carboxylic acids is 1. The largest absolute Gasteiger partial charge is 0.495 e. The smallest absolute Gasteiger partial charge is 0.416 e. The molecule has 2 unspecified atom stereocenters. The highest BCUT2D eigenvalue weighted by atomic mass is 19.4. The lowest BCUT2D eigenvalue weighted by atomic mass is 9.82. The molecular weight excluding hydrogens is 485 g/mol. The van der Waals surface area contributed by atoms with Crippen LogP contribution in [0.15, 0.2) is 42.5 Å². The number of hydrogen-bond donors (Lipinski definition) is 1. The summed E-state index contributed by atoms with van der Waals surface area (Å²) in [5.74, 6) is 0.167. The third-order valence-electron chi connectivity index (χ3n) is 7.63. The lowest BCUT2D eigenvalue weighted by molar-refractivity contribution is -0.137. The Kier molecular flexibility index (Phi) is 7.48. The van der Waals surface area contributed by atoms with Gasteiger partial charge < -0.3 is 24.6 Å². The number of benzene rings is 2. The fraction of sp³-hybridized carbons (Fsp3) is 0.519. The van der Waals surface area contributed by atoms with Gasteiger partial charge >= 0.3 is 6.18 Å². The van der Waals surface area contributed by atoms with Crippen molar-refractivity contribution in [2.24, 2.45) is 5.92 Å². The van der Waals surface area contributed by atoms with E-state index < -0.39 is 17.7 Å². The number of anilines is 2. The first kappa shape index (κ1) is 25.7. The molecule has 2 atom stereocenters. The number of carbonyl (C=O) groups is 1. The maximum Gasteiger partial charge on any atom is 0.416 e. The fourth-order valence-electron chi connectivity index (χ4n) is 5.70. The van der Waals surface area contributed by atoms with Crippen molar-refractivity contribution in [1.82, 2.24) is 10.2 Å². The maximum absolute atomic E-state index is 13.5.